The topological polar surface area (TPSA) is 83.2 Å². The highest BCUT2D eigenvalue weighted by Gasteiger charge is 2.47. The van der Waals surface area contributed by atoms with Gasteiger partial charge in [0.2, 0.25) is 0 Å². The fourth-order valence-corrected chi connectivity index (χ4v) is 3.18. The number of hydrogen-bond donors (Lipinski definition) is 1. The van der Waals surface area contributed by atoms with Gasteiger partial charge in [0.25, 0.3) is 11.7 Å². The van der Waals surface area contributed by atoms with Crippen LogP contribution in [0.1, 0.15) is 17.4 Å². The van der Waals surface area contributed by atoms with Crippen molar-refractivity contribution in [2.75, 3.05) is 33.8 Å². The molecule has 1 aromatic heterocycles. The van der Waals surface area contributed by atoms with Crippen molar-refractivity contribution in [3.8, 4) is 5.75 Å². The van der Waals surface area contributed by atoms with Crippen LogP contribution in [0.2, 0.25) is 0 Å². The molecule has 1 amide bonds. The number of nitrogens with zero attached hydrogens (tertiary/aromatic N) is 2. The van der Waals surface area contributed by atoms with Gasteiger partial charge >= 0.3 is 0 Å². The Morgan fingerprint density at radius 3 is 2.59 bits per heavy atom. The summed E-state index contributed by atoms with van der Waals surface area (Å²) in [5.74, 6) is -0.589. The first-order valence-corrected chi connectivity index (χ1v) is 9.24. The minimum atomic E-state index is -0.776. The summed E-state index contributed by atoms with van der Waals surface area (Å²) >= 11 is 0. The van der Waals surface area contributed by atoms with Gasteiger partial charge in [-0.3, -0.25) is 9.59 Å². The van der Waals surface area contributed by atoms with E-state index in [0.29, 0.717) is 36.8 Å². The van der Waals surface area contributed by atoms with E-state index in [1.165, 1.54) is 11.2 Å². The first-order valence-electron chi connectivity index (χ1n) is 9.24. The van der Waals surface area contributed by atoms with E-state index in [4.69, 9.17) is 9.15 Å². The molecule has 0 aliphatic carbocycles. The van der Waals surface area contributed by atoms with Gasteiger partial charge < -0.3 is 24.1 Å². The van der Waals surface area contributed by atoms with Crippen molar-refractivity contribution in [2.45, 2.75) is 6.04 Å². The molecule has 1 saturated heterocycles. The number of aliphatic hydroxyl groups excluding tert-OH is 1. The van der Waals surface area contributed by atoms with E-state index in [0.717, 1.165) is 0 Å². The SMILES string of the molecule is C=CCOc1ccc(C(O)=C2C(=O)C(=O)N(CCN(C)C)C2c2ccco2)cc1. The van der Waals surface area contributed by atoms with Gasteiger partial charge in [-0.25, -0.2) is 0 Å². The monoisotopic (exact) mass is 396 g/mol. The Morgan fingerprint density at radius 1 is 1.28 bits per heavy atom. The van der Waals surface area contributed by atoms with E-state index in [1.54, 1.807) is 42.5 Å². The molecule has 0 bridgehead atoms. The predicted molar refractivity (Wildman–Crippen MR) is 108 cm³/mol. The zero-order valence-electron chi connectivity index (χ0n) is 16.5. The molecule has 152 valence electrons. The Bertz CT molecular complexity index is 913. The minimum absolute atomic E-state index is 0.0171. The molecular formula is C22H24N2O5. The van der Waals surface area contributed by atoms with Gasteiger partial charge in [0.1, 0.15) is 29.9 Å². The van der Waals surface area contributed by atoms with Crippen LogP contribution in [-0.4, -0.2) is 60.4 Å². The van der Waals surface area contributed by atoms with Gasteiger partial charge in [-0.1, -0.05) is 12.7 Å². The van der Waals surface area contributed by atoms with Gasteiger partial charge in [0, 0.05) is 18.7 Å². The fraction of sp³-hybridized carbons (Fsp3) is 0.273. The summed E-state index contributed by atoms with van der Waals surface area (Å²) < 4.78 is 10.9. The summed E-state index contributed by atoms with van der Waals surface area (Å²) in [7, 11) is 3.77. The van der Waals surface area contributed by atoms with E-state index >= 15 is 0 Å². The van der Waals surface area contributed by atoms with Crippen LogP contribution in [-0.2, 0) is 9.59 Å². The number of aliphatic hydroxyl groups is 1. The van der Waals surface area contributed by atoms with E-state index in [1.807, 2.05) is 19.0 Å². The molecule has 0 spiro atoms. The van der Waals surface area contributed by atoms with Gasteiger partial charge in [0.15, 0.2) is 0 Å². The van der Waals surface area contributed by atoms with E-state index < -0.39 is 17.7 Å². The highest BCUT2D eigenvalue weighted by molar-refractivity contribution is 6.46. The largest absolute Gasteiger partial charge is 0.507 e. The second-order valence-electron chi connectivity index (χ2n) is 6.94. The number of furan rings is 1. The number of rotatable bonds is 8. The maximum Gasteiger partial charge on any atom is 0.295 e. The second kappa shape index (κ2) is 8.79. The number of benzene rings is 1. The number of likely N-dealkylation sites (N-methyl/N-ethyl adjacent to an activating group) is 1. The third-order valence-electron chi connectivity index (χ3n) is 4.64. The maximum absolute atomic E-state index is 12.8. The Kier molecular flexibility index (Phi) is 6.19. The van der Waals surface area contributed by atoms with Crippen LogP contribution in [0, 0.1) is 0 Å². The van der Waals surface area contributed by atoms with Crippen LogP contribution in [0.4, 0.5) is 0 Å². The van der Waals surface area contributed by atoms with Crippen molar-refractivity contribution in [3.63, 3.8) is 0 Å². The molecule has 3 rings (SSSR count). The van der Waals surface area contributed by atoms with Crippen LogP contribution in [0.5, 0.6) is 5.75 Å². The number of likely N-dealkylation sites (tertiary alicyclic amines) is 1. The van der Waals surface area contributed by atoms with Crippen molar-refractivity contribution in [1.29, 1.82) is 0 Å². The smallest absolute Gasteiger partial charge is 0.295 e. The van der Waals surface area contributed by atoms with Crippen LogP contribution in [0.25, 0.3) is 5.76 Å². The normalized spacial score (nSPS) is 18.4. The second-order valence-corrected chi connectivity index (χ2v) is 6.94. The lowest BCUT2D eigenvalue weighted by Gasteiger charge is -2.24. The van der Waals surface area contributed by atoms with E-state index in [9.17, 15) is 14.7 Å². The number of ether oxygens (including phenoxy) is 1. The Labute approximate surface area is 169 Å². The first kappa shape index (κ1) is 20.4. The average Bonchev–Trinajstić information content (AvgIpc) is 3.32. The number of hydrogen-bond acceptors (Lipinski definition) is 6. The minimum Gasteiger partial charge on any atom is -0.507 e. The molecule has 7 heteroatoms. The quantitative estimate of drug-likeness (QED) is 0.320. The van der Waals surface area contributed by atoms with Gasteiger partial charge in [0.05, 0.1) is 11.8 Å². The lowest BCUT2D eigenvalue weighted by atomic mass is 9.99. The molecule has 7 nitrogen and oxygen atoms in total. The number of carbonyl (C=O) groups is 2. The van der Waals surface area contributed by atoms with Crippen LogP contribution >= 0.6 is 0 Å². The zero-order valence-corrected chi connectivity index (χ0v) is 16.5. The summed E-state index contributed by atoms with van der Waals surface area (Å²) in [4.78, 5) is 28.8. The number of carbonyl (C=O) groups excluding carboxylic acids is 2. The fourth-order valence-electron chi connectivity index (χ4n) is 3.18. The third-order valence-corrected chi connectivity index (χ3v) is 4.64. The molecule has 2 heterocycles. The maximum atomic E-state index is 12.8. The number of amides is 1. The first-order chi connectivity index (χ1) is 13.9. The Hall–Kier alpha value is -3.32. The predicted octanol–water partition coefficient (Wildman–Crippen LogP) is 2.83. The van der Waals surface area contributed by atoms with Crippen molar-refractivity contribution in [3.05, 3.63) is 72.2 Å². The molecular weight excluding hydrogens is 372 g/mol. The van der Waals surface area contributed by atoms with Crippen molar-refractivity contribution in [2.24, 2.45) is 0 Å². The number of Topliss-reactive ketones (excluding diaryl/α,β-unsaturated/α-hetero) is 1. The third kappa shape index (κ3) is 4.25. The Balaban J connectivity index is 2.00. The molecule has 1 atom stereocenters. The highest BCUT2D eigenvalue weighted by atomic mass is 16.5. The van der Waals surface area contributed by atoms with Crippen LogP contribution in [0.3, 0.4) is 0 Å². The van der Waals surface area contributed by atoms with Crippen molar-refractivity contribution < 1.29 is 23.8 Å². The van der Waals surface area contributed by atoms with Crippen LogP contribution in [0.15, 0.2) is 65.3 Å². The molecule has 1 unspecified atom stereocenters. The van der Waals surface area contributed by atoms with E-state index in [-0.39, 0.29) is 11.3 Å². The molecule has 0 saturated carbocycles. The molecule has 1 aliphatic rings. The summed E-state index contributed by atoms with van der Waals surface area (Å²) in [6.45, 7) is 4.85. The van der Waals surface area contributed by atoms with E-state index in [2.05, 4.69) is 6.58 Å². The van der Waals surface area contributed by atoms with Gasteiger partial charge in [-0.2, -0.15) is 0 Å². The lowest BCUT2D eigenvalue weighted by Crippen LogP contribution is -2.35. The van der Waals surface area contributed by atoms with Crippen molar-refractivity contribution >= 4 is 17.4 Å². The lowest BCUT2D eigenvalue weighted by molar-refractivity contribution is -0.140. The molecule has 1 aromatic carbocycles. The molecule has 0 radical (unpaired) electrons. The van der Waals surface area contributed by atoms with Crippen LogP contribution < -0.4 is 4.74 Å². The zero-order chi connectivity index (χ0) is 21.0. The molecule has 1 aliphatic heterocycles. The molecule has 1 fully saturated rings. The summed E-state index contributed by atoms with van der Waals surface area (Å²) in [5.41, 5.74) is 0.432. The Morgan fingerprint density at radius 2 is 2.00 bits per heavy atom. The molecule has 2 aromatic rings. The van der Waals surface area contributed by atoms with Gasteiger partial charge in [-0.05, 0) is 50.5 Å². The van der Waals surface area contributed by atoms with Gasteiger partial charge in [-0.15, -0.1) is 0 Å². The summed E-state index contributed by atoms with van der Waals surface area (Å²) in [6, 6.07) is 9.25. The molecule has 29 heavy (non-hydrogen) atoms. The summed E-state index contributed by atoms with van der Waals surface area (Å²) in [6.07, 6.45) is 3.11. The average molecular weight is 396 g/mol. The highest BCUT2D eigenvalue weighted by Crippen LogP contribution is 2.39. The standard InChI is InChI=1S/C22H24N2O5/c1-4-13-28-16-9-7-15(8-10-16)20(25)18-19(17-6-5-14-29-17)24(12-11-23(2)3)22(27)21(18)26/h4-10,14,19,25H,1,11-13H2,2-3H3. The summed E-state index contributed by atoms with van der Waals surface area (Å²) in [5, 5.41) is 10.9. The van der Waals surface area contributed by atoms with Crippen molar-refractivity contribution in [1.82, 2.24) is 9.80 Å². The molecule has 1 N–H and O–H groups in total. The number of ketones is 1.